The fourth-order valence-electron chi connectivity index (χ4n) is 2.37. The van der Waals surface area contributed by atoms with E-state index in [1.165, 1.54) is 0 Å². The van der Waals surface area contributed by atoms with Crippen molar-refractivity contribution in [2.45, 2.75) is 13.8 Å². The first-order chi connectivity index (χ1) is 11.2. The standard InChI is InChI=1S/C19H21N3O/c1-4-20-16-7-10-19-21-18(12-22(19)11-16)15-5-8-17(9-6-15)23-13-14(2)3/h5-12,20H,2,4,13H2,1,3H3. The van der Waals surface area contributed by atoms with Gasteiger partial charge < -0.3 is 14.5 Å². The zero-order valence-corrected chi connectivity index (χ0v) is 13.5. The van der Waals surface area contributed by atoms with Crippen molar-refractivity contribution < 1.29 is 4.74 Å². The number of hydrogen-bond acceptors (Lipinski definition) is 3. The van der Waals surface area contributed by atoms with Crippen LogP contribution in [0.1, 0.15) is 13.8 Å². The van der Waals surface area contributed by atoms with E-state index in [2.05, 4.69) is 30.0 Å². The Labute approximate surface area is 136 Å². The summed E-state index contributed by atoms with van der Waals surface area (Å²) in [6.45, 7) is 9.32. The largest absolute Gasteiger partial charge is 0.489 e. The third-order valence-corrected chi connectivity index (χ3v) is 3.47. The van der Waals surface area contributed by atoms with Crippen LogP contribution in [-0.4, -0.2) is 22.5 Å². The molecular weight excluding hydrogens is 286 g/mol. The predicted octanol–water partition coefficient (Wildman–Crippen LogP) is 4.39. The highest BCUT2D eigenvalue weighted by atomic mass is 16.5. The van der Waals surface area contributed by atoms with Crippen molar-refractivity contribution in [1.29, 1.82) is 0 Å². The maximum atomic E-state index is 5.63. The molecule has 0 bridgehead atoms. The quantitative estimate of drug-likeness (QED) is 0.686. The van der Waals surface area contributed by atoms with Gasteiger partial charge in [-0.1, -0.05) is 6.58 Å². The first-order valence-electron chi connectivity index (χ1n) is 7.76. The zero-order valence-electron chi connectivity index (χ0n) is 13.5. The number of nitrogens with zero attached hydrogens (tertiary/aromatic N) is 2. The van der Waals surface area contributed by atoms with Crippen LogP contribution in [0.25, 0.3) is 16.9 Å². The van der Waals surface area contributed by atoms with Gasteiger partial charge >= 0.3 is 0 Å². The highest BCUT2D eigenvalue weighted by Gasteiger charge is 2.05. The molecule has 0 saturated carbocycles. The van der Waals surface area contributed by atoms with E-state index in [4.69, 9.17) is 4.74 Å². The Balaban J connectivity index is 1.83. The summed E-state index contributed by atoms with van der Waals surface area (Å²) in [5.74, 6) is 0.843. The summed E-state index contributed by atoms with van der Waals surface area (Å²) in [6, 6.07) is 12.1. The van der Waals surface area contributed by atoms with E-state index in [0.717, 1.165) is 40.5 Å². The van der Waals surface area contributed by atoms with Gasteiger partial charge in [-0.15, -0.1) is 0 Å². The number of rotatable bonds is 6. The van der Waals surface area contributed by atoms with E-state index in [1.807, 2.05) is 53.9 Å². The lowest BCUT2D eigenvalue weighted by molar-refractivity contribution is 0.353. The van der Waals surface area contributed by atoms with Crippen molar-refractivity contribution in [3.05, 3.63) is 60.9 Å². The van der Waals surface area contributed by atoms with Crippen molar-refractivity contribution in [1.82, 2.24) is 9.38 Å². The summed E-state index contributed by atoms with van der Waals surface area (Å²) in [7, 11) is 0. The van der Waals surface area contributed by atoms with E-state index >= 15 is 0 Å². The molecule has 4 heteroatoms. The van der Waals surface area contributed by atoms with Crippen LogP contribution in [0.15, 0.2) is 60.9 Å². The third-order valence-electron chi connectivity index (χ3n) is 3.47. The molecule has 118 valence electrons. The average Bonchev–Trinajstić information content (AvgIpc) is 2.97. The van der Waals surface area contributed by atoms with Gasteiger partial charge in [0.15, 0.2) is 0 Å². The average molecular weight is 307 g/mol. The summed E-state index contributed by atoms with van der Waals surface area (Å²) in [5.41, 5.74) is 5.05. The van der Waals surface area contributed by atoms with Gasteiger partial charge in [-0.3, -0.25) is 0 Å². The molecule has 3 rings (SSSR count). The molecule has 3 aromatic rings. The Kier molecular flexibility index (Phi) is 4.33. The van der Waals surface area contributed by atoms with Crippen LogP contribution in [0.3, 0.4) is 0 Å². The maximum Gasteiger partial charge on any atom is 0.137 e. The van der Waals surface area contributed by atoms with Gasteiger partial charge in [0.1, 0.15) is 18.0 Å². The Hall–Kier alpha value is -2.75. The van der Waals surface area contributed by atoms with E-state index in [-0.39, 0.29) is 0 Å². The van der Waals surface area contributed by atoms with Gasteiger partial charge in [-0.05, 0) is 55.8 Å². The fourth-order valence-corrected chi connectivity index (χ4v) is 2.37. The van der Waals surface area contributed by atoms with Crippen LogP contribution in [0.4, 0.5) is 5.69 Å². The van der Waals surface area contributed by atoms with Crippen LogP contribution < -0.4 is 10.1 Å². The molecule has 0 fully saturated rings. The molecule has 1 aromatic carbocycles. The number of fused-ring (bicyclic) bond motifs is 1. The van der Waals surface area contributed by atoms with Crippen LogP contribution >= 0.6 is 0 Å². The molecule has 0 atom stereocenters. The van der Waals surface area contributed by atoms with Gasteiger partial charge in [0, 0.05) is 24.5 Å². The monoisotopic (exact) mass is 307 g/mol. The molecule has 0 radical (unpaired) electrons. The number of hydrogen-bond donors (Lipinski definition) is 1. The van der Waals surface area contributed by atoms with Crippen molar-refractivity contribution in [2.75, 3.05) is 18.5 Å². The van der Waals surface area contributed by atoms with Crippen LogP contribution in [0.5, 0.6) is 5.75 Å². The summed E-state index contributed by atoms with van der Waals surface area (Å²) in [4.78, 5) is 4.67. The Morgan fingerprint density at radius 3 is 2.65 bits per heavy atom. The van der Waals surface area contributed by atoms with Gasteiger partial charge in [-0.2, -0.15) is 0 Å². The molecule has 0 aliphatic heterocycles. The molecule has 2 heterocycles. The van der Waals surface area contributed by atoms with Crippen LogP contribution in [-0.2, 0) is 0 Å². The molecule has 0 spiro atoms. The molecule has 0 unspecified atom stereocenters. The molecule has 1 N–H and O–H groups in total. The minimum absolute atomic E-state index is 0.543. The third kappa shape index (κ3) is 3.54. The number of ether oxygens (including phenoxy) is 1. The Morgan fingerprint density at radius 1 is 1.17 bits per heavy atom. The number of nitrogens with one attached hydrogen (secondary N) is 1. The first kappa shape index (κ1) is 15.2. The van der Waals surface area contributed by atoms with E-state index in [0.29, 0.717) is 6.61 Å². The number of imidazole rings is 1. The first-order valence-corrected chi connectivity index (χ1v) is 7.76. The van der Waals surface area contributed by atoms with Gasteiger partial charge in [0.05, 0.1) is 11.4 Å². The summed E-state index contributed by atoms with van der Waals surface area (Å²) in [6.07, 6.45) is 4.10. The highest BCUT2D eigenvalue weighted by molar-refractivity contribution is 5.64. The molecule has 23 heavy (non-hydrogen) atoms. The van der Waals surface area contributed by atoms with Crippen molar-refractivity contribution in [2.24, 2.45) is 0 Å². The molecule has 0 saturated heterocycles. The topological polar surface area (TPSA) is 38.6 Å². The number of anilines is 1. The molecule has 4 nitrogen and oxygen atoms in total. The van der Waals surface area contributed by atoms with Gasteiger partial charge in [-0.25, -0.2) is 4.98 Å². The minimum atomic E-state index is 0.543. The van der Waals surface area contributed by atoms with E-state index in [9.17, 15) is 0 Å². The van der Waals surface area contributed by atoms with Gasteiger partial charge in [0.2, 0.25) is 0 Å². The molecule has 0 amide bonds. The highest BCUT2D eigenvalue weighted by Crippen LogP contribution is 2.23. The van der Waals surface area contributed by atoms with Crippen LogP contribution in [0.2, 0.25) is 0 Å². The number of aromatic nitrogens is 2. The number of benzene rings is 1. The van der Waals surface area contributed by atoms with Crippen molar-refractivity contribution in [3.63, 3.8) is 0 Å². The van der Waals surface area contributed by atoms with E-state index < -0.39 is 0 Å². The predicted molar refractivity (Wildman–Crippen MR) is 95.1 cm³/mol. The second-order valence-corrected chi connectivity index (χ2v) is 5.61. The second-order valence-electron chi connectivity index (χ2n) is 5.61. The second kappa shape index (κ2) is 6.57. The van der Waals surface area contributed by atoms with Crippen molar-refractivity contribution in [3.8, 4) is 17.0 Å². The summed E-state index contributed by atoms with van der Waals surface area (Å²) >= 11 is 0. The Morgan fingerprint density at radius 2 is 1.96 bits per heavy atom. The maximum absolute atomic E-state index is 5.63. The molecule has 0 aliphatic rings. The zero-order chi connectivity index (χ0) is 16.2. The van der Waals surface area contributed by atoms with Crippen molar-refractivity contribution >= 4 is 11.3 Å². The SMILES string of the molecule is C=C(C)COc1ccc(-c2cn3cc(NCC)ccc3n2)cc1. The molecule has 2 aromatic heterocycles. The van der Waals surface area contributed by atoms with Crippen LogP contribution in [0, 0.1) is 0 Å². The molecular formula is C19H21N3O. The smallest absolute Gasteiger partial charge is 0.137 e. The summed E-state index contributed by atoms with van der Waals surface area (Å²) < 4.78 is 7.67. The Bertz CT molecular complexity index is 818. The van der Waals surface area contributed by atoms with Gasteiger partial charge in [0.25, 0.3) is 0 Å². The molecule has 0 aliphatic carbocycles. The van der Waals surface area contributed by atoms with E-state index in [1.54, 1.807) is 0 Å². The lowest BCUT2D eigenvalue weighted by Gasteiger charge is -2.05. The lowest BCUT2D eigenvalue weighted by atomic mass is 10.1. The lowest BCUT2D eigenvalue weighted by Crippen LogP contribution is -1.97. The minimum Gasteiger partial charge on any atom is -0.489 e. The normalized spacial score (nSPS) is 10.7. The summed E-state index contributed by atoms with van der Waals surface area (Å²) in [5, 5.41) is 3.31. The fraction of sp³-hybridized carbons (Fsp3) is 0.211. The number of pyridine rings is 1.